The molecule has 0 amide bonds. The molecule has 8 nitrogen and oxygen atoms in total. The smallest absolute Gasteiger partial charge is 0.206 e. The molecule has 1 heterocycles. The van der Waals surface area contributed by atoms with Crippen molar-refractivity contribution < 1.29 is 23.4 Å². The van der Waals surface area contributed by atoms with Crippen LogP contribution in [0.25, 0.3) is 16.7 Å². The first-order valence-corrected chi connectivity index (χ1v) is 12.4. The van der Waals surface area contributed by atoms with Crippen molar-refractivity contribution in [2.45, 2.75) is 42.4 Å². The van der Waals surface area contributed by atoms with Gasteiger partial charge in [0, 0.05) is 24.7 Å². The molecule has 4 aromatic rings. The molecule has 0 unspecified atom stereocenters. The van der Waals surface area contributed by atoms with Gasteiger partial charge in [0.05, 0.1) is 16.4 Å². The summed E-state index contributed by atoms with van der Waals surface area (Å²) in [5, 5.41) is 29.0. The number of aromatic nitrogens is 3. The van der Waals surface area contributed by atoms with Gasteiger partial charge in [0.1, 0.15) is 28.2 Å². The second-order valence-electron chi connectivity index (χ2n) is 8.97. The molecule has 1 aromatic heterocycles. The van der Waals surface area contributed by atoms with Crippen molar-refractivity contribution in [2.75, 3.05) is 13.2 Å². The first-order chi connectivity index (χ1) is 16.1. The van der Waals surface area contributed by atoms with Crippen LogP contribution in [0.4, 0.5) is 0 Å². The maximum atomic E-state index is 13.0. The lowest BCUT2D eigenvalue weighted by Gasteiger charge is -2.23. The van der Waals surface area contributed by atoms with E-state index in [1.54, 1.807) is 48.5 Å². The third kappa shape index (κ3) is 4.62. The summed E-state index contributed by atoms with van der Waals surface area (Å²) in [6.45, 7) is 6.24. The largest absolute Gasteiger partial charge is 0.505 e. The highest BCUT2D eigenvalue weighted by molar-refractivity contribution is 7.91. The summed E-state index contributed by atoms with van der Waals surface area (Å²) in [5.41, 5.74) is 1.43. The molecule has 2 N–H and O–H groups in total. The Morgan fingerprint density at radius 1 is 0.941 bits per heavy atom. The maximum absolute atomic E-state index is 13.0. The van der Waals surface area contributed by atoms with Gasteiger partial charge in [-0.1, -0.05) is 39.0 Å². The van der Waals surface area contributed by atoms with Crippen LogP contribution in [0.5, 0.6) is 11.5 Å². The zero-order valence-electron chi connectivity index (χ0n) is 19.3. The Kier molecular flexibility index (Phi) is 6.33. The van der Waals surface area contributed by atoms with Crippen LogP contribution in [0.15, 0.2) is 70.5 Å². The lowest BCUT2D eigenvalue weighted by Crippen LogP contribution is -2.14. The average molecular weight is 482 g/mol. The zero-order chi connectivity index (χ0) is 24.5. The monoisotopic (exact) mass is 481 g/mol. The fourth-order valence-electron chi connectivity index (χ4n) is 3.56. The van der Waals surface area contributed by atoms with E-state index in [-0.39, 0.29) is 22.1 Å². The summed E-state index contributed by atoms with van der Waals surface area (Å²) in [4.78, 5) is 1.59. The second-order valence-corrected chi connectivity index (χ2v) is 10.9. The highest BCUT2D eigenvalue weighted by Gasteiger charge is 2.24. The highest BCUT2D eigenvalue weighted by atomic mass is 32.2. The minimum absolute atomic E-state index is 0.0113. The van der Waals surface area contributed by atoms with Crippen LogP contribution in [-0.4, -0.2) is 46.8 Å². The third-order valence-electron chi connectivity index (χ3n) is 5.37. The Balaban J connectivity index is 1.80. The molecule has 0 radical (unpaired) electrons. The standard InChI is InChI=1S/C25H27N3O5S/c1-25(2,3)20-14-17(33-13-7-12-29)15-23(24(20)30)28-26-21-11-10-19(16-22(21)27-28)34(31,32)18-8-5-4-6-9-18/h4-6,8-11,14-16,29-30H,7,12-13H2,1-3H3. The van der Waals surface area contributed by atoms with Crippen LogP contribution in [0.2, 0.25) is 0 Å². The molecule has 0 saturated heterocycles. The van der Waals surface area contributed by atoms with Crippen molar-refractivity contribution in [3.05, 3.63) is 66.2 Å². The normalized spacial score (nSPS) is 12.2. The zero-order valence-corrected chi connectivity index (χ0v) is 20.1. The van der Waals surface area contributed by atoms with Gasteiger partial charge in [0.25, 0.3) is 0 Å². The summed E-state index contributed by atoms with van der Waals surface area (Å²) in [5.74, 6) is 0.527. The minimum atomic E-state index is -3.71. The van der Waals surface area contributed by atoms with Crippen LogP contribution < -0.4 is 4.74 Å². The number of rotatable bonds is 7. The molecule has 3 aromatic carbocycles. The number of nitrogens with zero attached hydrogens (tertiary/aromatic N) is 3. The summed E-state index contributed by atoms with van der Waals surface area (Å²) >= 11 is 0. The van der Waals surface area contributed by atoms with E-state index >= 15 is 0 Å². The van der Waals surface area contributed by atoms with Crippen molar-refractivity contribution in [3.63, 3.8) is 0 Å². The van der Waals surface area contributed by atoms with Gasteiger partial charge in [0.15, 0.2) is 0 Å². The molecule has 4 rings (SSSR count). The molecular formula is C25H27N3O5S. The Morgan fingerprint density at radius 2 is 1.65 bits per heavy atom. The van der Waals surface area contributed by atoms with Gasteiger partial charge in [-0.05, 0) is 41.8 Å². The number of aliphatic hydroxyl groups excluding tert-OH is 1. The van der Waals surface area contributed by atoms with Gasteiger partial charge in [-0.2, -0.15) is 0 Å². The van der Waals surface area contributed by atoms with Crippen LogP contribution in [-0.2, 0) is 15.3 Å². The van der Waals surface area contributed by atoms with Crippen LogP contribution >= 0.6 is 0 Å². The third-order valence-corrected chi connectivity index (χ3v) is 7.14. The molecule has 0 spiro atoms. The Morgan fingerprint density at radius 3 is 2.32 bits per heavy atom. The number of hydrogen-bond acceptors (Lipinski definition) is 7. The number of fused-ring (bicyclic) bond motifs is 1. The molecular weight excluding hydrogens is 454 g/mol. The molecule has 9 heteroatoms. The molecule has 0 bridgehead atoms. The van der Waals surface area contributed by atoms with E-state index in [0.29, 0.717) is 41.1 Å². The predicted octanol–water partition coefficient (Wildman–Crippen LogP) is 4.02. The van der Waals surface area contributed by atoms with Gasteiger partial charge < -0.3 is 14.9 Å². The fourth-order valence-corrected chi connectivity index (χ4v) is 4.86. The molecule has 0 fully saturated rings. The second kappa shape index (κ2) is 9.08. The van der Waals surface area contributed by atoms with Crippen LogP contribution in [0, 0.1) is 0 Å². The molecule has 34 heavy (non-hydrogen) atoms. The van der Waals surface area contributed by atoms with E-state index in [0.717, 1.165) is 0 Å². The van der Waals surface area contributed by atoms with E-state index in [1.807, 2.05) is 20.8 Å². The van der Waals surface area contributed by atoms with Gasteiger partial charge in [-0.25, -0.2) is 8.42 Å². The Labute approximate surface area is 198 Å². The van der Waals surface area contributed by atoms with Gasteiger partial charge in [0.2, 0.25) is 9.84 Å². The lowest BCUT2D eigenvalue weighted by molar-refractivity contribution is 0.233. The maximum Gasteiger partial charge on any atom is 0.206 e. The summed E-state index contributed by atoms with van der Waals surface area (Å²) < 4.78 is 31.8. The molecule has 0 aliphatic rings. The van der Waals surface area contributed by atoms with Gasteiger partial charge in [-0.15, -0.1) is 15.0 Å². The van der Waals surface area contributed by atoms with Gasteiger partial charge in [-0.3, -0.25) is 0 Å². The van der Waals surface area contributed by atoms with Crippen molar-refractivity contribution in [1.82, 2.24) is 15.0 Å². The van der Waals surface area contributed by atoms with E-state index in [4.69, 9.17) is 9.84 Å². The number of hydrogen-bond donors (Lipinski definition) is 2. The Hall–Kier alpha value is -3.43. The summed E-state index contributed by atoms with van der Waals surface area (Å²) in [6, 6.07) is 16.2. The molecule has 0 aliphatic heterocycles. The number of phenols is 1. The summed E-state index contributed by atoms with van der Waals surface area (Å²) in [6.07, 6.45) is 0.476. The fraction of sp³-hybridized carbons (Fsp3) is 0.280. The van der Waals surface area contributed by atoms with E-state index in [1.165, 1.54) is 16.9 Å². The number of aromatic hydroxyl groups is 1. The summed E-state index contributed by atoms with van der Waals surface area (Å²) in [7, 11) is -3.71. The van der Waals surface area contributed by atoms with E-state index in [9.17, 15) is 13.5 Å². The van der Waals surface area contributed by atoms with Crippen molar-refractivity contribution in [3.8, 4) is 17.2 Å². The number of sulfone groups is 1. The number of ether oxygens (including phenoxy) is 1. The molecule has 0 atom stereocenters. The van der Waals surface area contributed by atoms with E-state index < -0.39 is 15.3 Å². The molecule has 0 aliphatic carbocycles. The Bertz CT molecular complexity index is 1420. The van der Waals surface area contributed by atoms with Crippen molar-refractivity contribution in [1.29, 1.82) is 0 Å². The molecule has 0 saturated carbocycles. The quantitative estimate of drug-likeness (QED) is 0.383. The van der Waals surface area contributed by atoms with Crippen molar-refractivity contribution in [2.24, 2.45) is 0 Å². The van der Waals surface area contributed by atoms with Crippen molar-refractivity contribution >= 4 is 20.9 Å². The first kappa shape index (κ1) is 23.7. The number of phenolic OH excluding ortho intramolecular Hbond substituents is 1. The van der Waals surface area contributed by atoms with Crippen LogP contribution in [0.1, 0.15) is 32.8 Å². The topological polar surface area (TPSA) is 115 Å². The van der Waals surface area contributed by atoms with Gasteiger partial charge >= 0.3 is 0 Å². The van der Waals surface area contributed by atoms with E-state index in [2.05, 4.69) is 10.2 Å². The van der Waals surface area contributed by atoms with Crippen LogP contribution in [0.3, 0.4) is 0 Å². The predicted molar refractivity (Wildman–Crippen MR) is 128 cm³/mol. The first-order valence-electron chi connectivity index (χ1n) is 10.9. The number of aliphatic hydroxyl groups is 1. The highest BCUT2D eigenvalue weighted by Crippen LogP contribution is 2.38. The average Bonchev–Trinajstić information content (AvgIpc) is 3.23. The lowest BCUT2D eigenvalue weighted by atomic mass is 9.86. The minimum Gasteiger partial charge on any atom is -0.505 e. The molecule has 178 valence electrons. The SMILES string of the molecule is CC(C)(C)c1cc(OCCCO)cc(-n2nc3ccc(S(=O)(=O)c4ccccc4)cc3n2)c1O. The number of benzene rings is 3.